The Morgan fingerprint density at radius 3 is 2.74 bits per heavy atom. The normalized spacial score (nSPS) is 11.1. The molecule has 0 bridgehead atoms. The highest BCUT2D eigenvalue weighted by Crippen LogP contribution is 2.16. The molecule has 2 aromatic heterocycles. The number of nitrogens with zero attached hydrogens (tertiary/aromatic N) is 3. The molecule has 144 valence electrons. The van der Waals surface area contributed by atoms with Crippen molar-refractivity contribution in [2.24, 2.45) is 4.99 Å². The molecule has 5 nitrogen and oxygen atoms in total. The number of aromatic nitrogens is 2. The lowest BCUT2D eigenvalue weighted by Gasteiger charge is -2.11. The van der Waals surface area contributed by atoms with Crippen LogP contribution in [0.5, 0.6) is 0 Å². The van der Waals surface area contributed by atoms with E-state index < -0.39 is 0 Å². The topological polar surface area (TPSA) is 54.2 Å². The number of nitrogens with one attached hydrogen (secondary N) is 2. The monoisotopic (exact) mass is 499 g/mol. The molecule has 0 saturated carbocycles. The zero-order valence-corrected chi connectivity index (χ0v) is 18.4. The Labute approximate surface area is 179 Å². The number of hydrogen-bond donors (Lipinski definition) is 2. The van der Waals surface area contributed by atoms with Gasteiger partial charge in [-0.1, -0.05) is 6.07 Å². The Kier molecular flexibility index (Phi) is 8.23. The maximum absolute atomic E-state index is 14.3. The van der Waals surface area contributed by atoms with Crippen molar-refractivity contribution >= 4 is 41.3 Å². The molecule has 0 amide bonds. The van der Waals surface area contributed by atoms with Crippen molar-refractivity contribution in [2.45, 2.75) is 26.9 Å². The number of thiophene rings is 1. The lowest BCUT2D eigenvalue weighted by Crippen LogP contribution is -2.36. The Hall–Kier alpha value is -1.94. The number of guanidine groups is 1. The SMILES string of the molecule is CCNC(=NCc1ccc(-n2ccnc2)c(F)c1)NCc1ccc(C)s1.I. The molecule has 0 radical (unpaired) electrons. The summed E-state index contributed by atoms with van der Waals surface area (Å²) in [7, 11) is 0. The van der Waals surface area contributed by atoms with Crippen LogP contribution in [-0.2, 0) is 13.1 Å². The molecule has 0 spiro atoms. The van der Waals surface area contributed by atoms with Crippen molar-refractivity contribution in [3.8, 4) is 5.69 Å². The Morgan fingerprint density at radius 1 is 1.26 bits per heavy atom. The van der Waals surface area contributed by atoms with Crippen LogP contribution in [0.25, 0.3) is 5.69 Å². The summed E-state index contributed by atoms with van der Waals surface area (Å²) >= 11 is 1.76. The van der Waals surface area contributed by atoms with Gasteiger partial charge in [0.15, 0.2) is 5.96 Å². The smallest absolute Gasteiger partial charge is 0.191 e. The lowest BCUT2D eigenvalue weighted by molar-refractivity contribution is 0.615. The molecular formula is C19H23FIN5S. The molecule has 2 heterocycles. The Bertz CT molecular complexity index is 876. The fourth-order valence-electron chi connectivity index (χ4n) is 2.52. The van der Waals surface area contributed by atoms with Crippen molar-refractivity contribution in [2.75, 3.05) is 6.54 Å². The van der Waals surface area contributed by atoms with E-state index >= 15 is 0 Å². The van der Waals surface area contributed by atoms with Crippen molar-refractivity contribution < 1.29 is 4.39 Å². The van der Waals surface area contributed by atoms with E-state index in [0.29, 0.717) is 12.2 Å². The van der Waals surface area contributed by atoms with Gasteiger partial charge in [0, 0.05) is 28.7 Å². The molecule has 0 unspecified atom stereocenters. The average Bonchev–Trinajstić information content (AvgIpc) is 3.29. The van der Waals surface area contributed by atoms with Crippen molar-refractivity contribution in [1.82, 2.24) is 20.2 Å². The first-order valence-corrected chi connectivity index (χ1v) is 9.31. The minimum absolute atomic E-state index is 0. The predicted octanol–water partition coefficient (Wildman–Crippen LogP) is 4.25. The molecule has 3 aromatic rings. The van der Waals surface area contributed by atoms with E-state index in [1.807, 2.05) is 13.0 Å². The first-order chi connectivity index (χ1) is 12.7. The quantitative estimate of drug-likeness (QED) is 0.303. The summed E-state index contributed by atoms with van der Waals surface area (Å²) in [6.45, 7) is 6.00. The zero-order valence-electron chi connectivity index (χ0n) is 15.3. The first kappa shape index (κ1) is 21.4. The molecule has 0 aliphatic rings. The molecule has 8 heteroatoms. The summed E-state index contributed by atoms with van der Waals surface area (Å²) in [5.74, 6) is 0.431. The van der Waals surface area contributed by atoms with Crippen LogP contribution in [0.15, 0.2) is 54.0 Å². The van der Waals surface area contributed by atoms with Crippen LogP contribution in [-0.4, -0.2) is 22.1 Å². The van der Waals surface area contributed by atoms with Crippen molar-refractivity contribution in [3.05, 3.63) is 70.2 Å². The molecule has 0 aliphatic carbocycles. The number of benzene rings is 1. The molecule has 0 aliphatic heterocycles. The average molecular weight is 499 g/mol. The Balaban J connectivity index is 0.00000261. The number of aryl methyl sites for hydroxylation is 1. The highest BCUT2D eigenvalue weighted by molar-refractivity contribution is 14.0. The molecule has 0 fully saturated rings. The van der Waals surface area contributed by atoms with Gasteiger partial charge >= 0.3 is 0 Å². The largest absolute Gasteiger partial charge is 0.357 e. The molecule has 1 aromatic carbocycles. The van der Waals surface area contributed by atoms with Crippen molar-refractivity contribution in [3.63, 3.8) is 0 Å². The van der Waals surface area contributed by atoms with Gasteiger partial charge in [-0.3, -0.25) is 0 Å². The van der Waals surface area contributed by atoms with E-state index in [1.165, 1.54) is 15.8 Å². The molecule has 27 heavy (non-hydrogen) atoms. The second-order valence-electron chi connectivity index (χ2n) is 5.82. The van der Waals surface area contributed by atoms with Gasteiger partial charge in [-0.05, 0) is 43.7 Å². The van der Waals surface area contributed by atoms with Gasteiger partial charge in [0.25, 0.3) is 0 Å². The number of hydrogen-bond acceptors (Lipinski definition) is 3. The van der Waals surface area contributed by atoms with E-state index in [9.17, 15) is 4.39 Å². The van der Waals surface area contributed by atoms with E-state index in [1.54, 1.807) is 40.7 Å². The summed E-state index contributed by atoms with van der Waals surface area (Å²) in [5.41, 5.74) is 1.30. The molecule has 3 rings (SSSR count). The molecule has 0 atom stereocenters. The summed E-state index contributed by atoms with van der Waals surface area (Å²) in [6, 6.07) is 9.37. The molecule has 2 N–H and O–H groups in total. The summed E-state index contributed by atoms with van der Waals surface area (Å²) in [4.78, 5) is 11.0. The highest BCUT2D eigenvalue weighted by atomic mass is 127. The highest BCUT2D eigenvalue weighted by Gasteiger charge is 2.06. The van der Waals surface area contributed by atoms with Gasteiger partial charge in [0.2, 0.25) is 0 Å². The first-order valence-electron chi connectivity index (χ1n) is 8.50. The fourth-order valence-corrected chi connectivity index (χ4v) is 3.35. The number of imidazole rings is 1. The number of rotatable bonds is 6. The minimum Gasteiger partial charge on any atom is -0.357 e. The summed E-state index contributed by atoms with van der Waals surface area (Å²) in [5, 5.41) is 6.53. The van der Waals surface area contributed by atoms with E-state index in [-0.39, 0.29) is 29.8 Å². The number of halogens is 2. The second kappa shape index (κ2) is 10.4. The second-order valence-corrected chi connectivity index (χ2v) is 7.19. The lowest BCUT2D eigenvalue weighted by atomic mass is 10.2. The fraction of sp³-hybridized carbons (Fsp3) is 0.263. The maximum atomic E-state index is 14.3. The molecule has 0 saturated heterocycles. The van der Waals surface area contributed by atoms with E-state index in [0.717, 1.165) is 24.6 Å². The van der Waals surface area contributed by atoms with Crippen LogP contribution in [0.1, 0.15) is 22.2 Å². The van der Waals surface area contributed by atoms with Gasteiger partial charge in [0.1, 0.15) is 5.82 Å². The summed E-state index contributed by atoms with van der Waals surface area (Å²) < 4.78 is 16.0. The Morgan fingerprint density at radius 2 is 2.11 bits per heavy atom. The third-order valence-corrected chi connectivity index (χ3v) is 4.79. The van der Waals surface area contributed by atoms with Gasteiger partial charge in [-0.25, -0.2) is 14.4 Å². The van der Waals surface area contributed by atoms with Gasteiger partial charge in [-0.15, -0.1) is 35.3 Å². The van der Waals surface area contributed by atoms with Gasteiger partial charge in [-0.2, -0.15) is 0 Å². The van der Waals surface area contributed by atoms with Crippen LogP contribution in [0.4, 0.5) is 4.39 Å². The summed E-state index contributed by atoms with van der Waals surface area (Å²) in [6.07, 6.45) is 4.92. The van der Waals surface area contributed by atoms with Crippen LogP contribution in [0.3, 0.4) is 0 Å². The van der Waals surface area contributed by atoms with E-state index in [2.05, 4.69) is 39.7 Å². The van der Waals surface area contributed by atoms with Crippen molar-refractivity contribution in [1.29, 1.82) is 0 Å². The molecular weight excluding hydrogens is 476 g/mol. The predicted molar refractivity (Wildman–Crippen MR) is 120 cm³/mol. The van der Waals surface area contributed by atoms with Gasteiger partial charge < -0.3 is 15.2 Å². The zero-order chi connectivity index (χ0) is 18.4. The third kappa shape index (κ3) is 6.03. The van der Waals surface area contributed by atoms with Crippen LogP contribution in [0, 0.1) is 12.7 Å². The van der Waals surface area contributed by atoms with Crippen LogP contribution < -0.4 is 10.6 Å². The van der Waals surface area contributed by atoms with E-state index in [4.69, 9.17) is 0 Å². The minimum atomic E-state index is -0.289. The third-order valence-electron chi connectivity index (χ3n) is 3.78. The van der Waals surface area contributed by atoms with Crippen LogP contribution >= 0.6 is 35.3 Å². The van der Waals surface area contributed by atoms with Crippen LogP contribution in [0.2, 0.25) is 0 Å². The number of aliphatic imine (C=N–C) groups is 1. The van der Waals surface area contributed by atoms with Gasteiger partial charge in [0.05, 0.1) is 25.1 Å². The standard InChI is InChI=1S/C19H22FN5S.HI/c1-3-22-19(24-12-16-6-4-14(2)26-16)23-11-15-5-7-18(17(20)10-15)25-9-8-21-13-25;/h4-10,13H,3,11-12H2,1-2H3,(H2,22,23,24);1H. The maximum Gasteiger partial charge on any atom is 0.191 e.